The van der Waals surface area contributed by atoms with Crippen LogP contribution in [0.15, 0.2) is 36.7 Å². The normalized spacial score (nSPS) is 22.5. The topological polar surface area (TPSA) is 105 Å². The Bertz CT molecular complexity index is 1290. The molecule has 8 nitrogen and oxygen atoms in total. The molecule has 1 aliphatic carbocycles. The lowest BCUT2D eigenvalue weighted by atomic mass is 9.72. The predicted molar refractivity (Wildman–Crippen MR) is 117 cm³/mol. The van der Waals surface area contributed by atoms with E-state index in [1.165, 1.54) is 12.1 Å². The van der Waals surface area contributed by atoms with E-state index < -0.39 is 0 Å². The van der Waals surface area contributed by atoms with Crippen molar-refractivity contribution in [1.82, 2.24) is 19.9 Å². The number of nitrogens with one attached hydrogen (secondary N) is 2. The van der Waals surface area contributed by atoms with E-state index in [2.05, 4.69) is 25.2 Å². The summed E-state index contributed by atoms with van der Waals surface area (Å²) in [6.45, 7) is 1.70. The summed E-state index contributed by atoms with van der Waals surface area (Å²) in [6.07, 6.45) is 4.32. The highest BCUT2D eigenvalue weighted by Crippen LogP contribution is 2.44. The number of rotatable bonds is 4. The number of hydrogen-bond acceptors (Lipinski definition) is 7. The van der Waals surface area contributed by atoms with Crippen molar-refractivity contribution < 1.29 is 9.13 Å². The first kappa shape index (κ1) is 18.3. The Kier molecular flexibility index (Phi) is 4.01. The summed E-state index contributed by atoms with van der Waals surface area (Å²) in [5.74, 6) is 2.00. The minimum absolute atomic E-state index is 0.220. The van der Waals surface area contributed by atoms with Crippen LogP contribution in [0.5, 0.6) is 11.8 Å². The van der Waals surface area contributed by atoms with Gasteiger partial charge < -0.3 is 25.7 Å². The van der Waals surface area contributed by atoms with Gasteiger partial charge in [0.25, 0.3) is 0 Å². The molecule has 3 aromatic heterocycles. The number of nitrogens with zero attached hydrogens (tertiary/aromatic N) is 4. The molecule has 6 rings (SSSR count). The van der Waals surface area contributed by atoms with Gasteiger partial charge in [0.05, 0.1) is 22.8 Å². The molecule has 4 aromatic rings. The van der Waals surface area contributed by atoms with Crippen molar-refractivity contribution in [1.29, 1.82) is 0 Å². The molecule has 0 radical (unpaired) electrons. The third kappa shape index (κ3) is 2.88. The van der Waals surface area contributed by atoms with Gasteiger partial charge in [0.1, 0.15) is 23.0 Å². The minimum atomic E-state index is -0.317. The second-order valence-corrected chi connectivity index (χ2v) is 8.32. The Balaban J connectivity index is 1.55. The summed E-state index contributed by atoms with van der Waals surface area (Å²) in [4.78, 5) is 19.0. The fourth-order valence-electron chi connectivity index (χ4n) is 4.94. The SMILES string of the molecule is CNc1cc(F)cc2c1[nH]c1nc(Oc3cccnc3)nc(N3CC4C[C@@H](N)C4C3)c12. The minimum Gasteiger partial charge on any atom is -0.423 e. The summed E-state index contributed by atoms with van der Waals surface area (Å²) in [5.41, 5.74) is 8.27. The molecule has 0 amide bonds. The lowest BCUT2D eigenvalue weighted by molar-refractivity contribution is 0.194. The molecule has 2 aliphatic rings. The summed E-state index contributed by atoms with van der Waals surface area (Å²) >= 11 is 0. The van der Waals surface area contributed by atoms with Crippen molar-refractivity contribution >= 4 is 33.4 Å². The van der Waals surface area contributed by atoms with Gasteiger partial charge in [0.15, 0.2) is 0 Å². The smallest absolute Gasteiger partial charge is 0.326 e. The van der Waals surface area contributed by atoms with Crippen molar-refractivity contribution in [3.05, 3.63) is 42.5 Å². The van der Waals surface area contributed by atoms with Gasteiger partial charge >= 0.3 is 6.01 Å². The van der Waals surface area contributed by atoms with Gasteiger partial charge in [-0.15, -0.1) is 0 Å². The molecular formula is C22H22FN7O. The number of fused-ring (bicyclic) bond motifs is 4. The lowest BCUT2D eigenvalue weighted by Gasteiger charge is -2.36. The zero-order valence-corrected chi connectivity index (χ0v) is 17.0. The lowest BCUT2D eigenvalue weighted by Crippen LogP contribution is -2.46. The first-order valence-corrected chi connectivity index (χ1v) is 10.4. The zero-order valence-electron chi connectivity index (χ0n) is 17.0. The van der Waals surface area contributed by atoms with E-state index in [0.29, 0.717) is 28.9 Å². The van der Waals surface area contributed by atoms with Crippen molar-refractivity contribution in [2.45, 2.75) is 12.5 Å². The number of pyridine rings is 1. The van der Waals surface area contributed by atoms with E-state index in [1.54, 1.807) is 31.6 Å². The average Bonchev–Trinajstić information content (AvgIpc) is 3.31. The number of aromatic amines is 1. The van der Waals surface area contributed by atoms with Crippen LogP contribution in [0.3, 0.4) is 0 Å². The number of hydrogen-bond donors (Lipinski definition) is 3. The summed E-state index contributed by atoms with van der Waals surface area (Å²) in [5, 5.41) is 4.59. The van der Waals surface area contributed by atoms with E-state index in [4.69, 9.17) is 15.5 Å². The van der Waals surface area contributed by atoms with Crippen LogP contribution >= 0.6 is 0 Å². The van der Waals surface area contributed by atoms with E-state index in [1.807, 2.05) is 0 Å². The van der Waals surface area contributed by atoms with Gasteiger partial charge in [0.2, 0.25) is 0 Å². The zero-order chi connectivity index (χ0) is 21.1. The van der Waals surface area contributed by atoms with Crippen LogP contribution in [0.2, 0.25) is 0 Å². The third-order valence-corrected chi connectivity index (χ3v) is 6.51. The molecule has 1 saturated heterocycles. The molecule has 1 aliphatic heterocycles. The third-order valence-electron chi connectivity index (χ3n) is 6.51. The van der Waals surface area contributed by atoms with Gasteiger partial charge in [0, 0.05) is 37.8 Å². The van der Waals surface area contributed by atoms with Crippen molar-refractivity contribution in [3.8, 4) is 11.8 Å². The van der Waals surface area contributed by atoms with Crippen molar-refractivity contribution in [2.24, 2.45) is 17.6 Å². The number of nitrogens with two attached hydrogens (primary N) is 1. The summed E-state index contributed by atoms with van der Waals surface area (Å²) in [6, 6.07) is 7.04. The summed E-state index contributed by atoms with van der Waals surface area (Å²) in [7, 11) is 1.77. The van der Waals surface area contributed by atoms with Crippen molar-refractivity contribution in [3.63, 3.8) is 0 Å². The molecule has 0 bridgehead atoms. The molecule has 3 atom stereocenters. The molecule has 2 unspecified atom stereocenters. The second kappa shape index (κ2) is 6.78. The number of halogens is 1. The molecule has 1 aromatic carbocycles. The highest BCUT2D eigenvalue weighted by molar-refractivity contribution is 6.14. The maximum absolute atomic E-state index is 14.4. The fraction of sp³-hybridized carbons (Fsp3) is 0.318. The van der Waals surface area contributed by atoms with Gasteiger partial charge in [-0.25, -0.2) is 4.39 Å². The van der Waals surface area contributed by atoms with Crippen LogP contribution in [-0.2, 0) is 0 Å². The molecule has 2 fully saturated rings. The van der Waals surface area contributed by atoms with E-state index in [0.717, 1.165) is 41.6 Å². The predicted octanol–water partition coefficient (Wildman–Crippen LogP) is 3.26. The molecule has 4 N–H and O–H groups in total. The van der Waals surface area contributed by atoms with Crippen molar-refractivity contribution in [2.75, 3.05) is 30.4 Å². The molecule has 1 saturated carbocycles. The van der Waals surface area contributed by atoms with Crippen LogP contribution in [0.4, 0.5) is 15.9 Å². The number of aromatic nitrogens is 4. The first-order chi connectivity index (χ1) is 15.1. The Morgan fingerprint density at radius 2 is 2.19 bits per heavy atom. The Hall–Kier alpha value is -3.46. The largest absolute Gasteiger partial charge is 0.423 e. The molecule has 4 heterocycles. The average molecular weight is 419 g/mol. The van der Waals surface area contributed by atoms with Gasteiger partial charge in [-0.1, -0.05) is 0 Å². The van der Waals surface area contributed by atoms with E-state index in [-0.39, 0.29) is 17.9 Å². The number of benzene rings is 1. The molecule has 0 spiro atoms. The van der Waals surface area contributed by atoms with Crippen LogP contribution in [-0.4, -0.2) is 46.1 Å². The van der Waals surface area contributed by atoms with E-state index in [9.17, 15) is 4.39 Å². The first-order valence-electron chi connectivity index (χ1n) is 10.4. The van der Waals surface area contributed by atoms with Gasteiger partial charge in [-0.05, 0) is 42.5 Å². The highest BCUT2D eigenvalue weighted by Gasteiger charge is 2.46. The maximum Gasteiger partial charge on any atom is 0.326 e. The highest BCUT2D eigenvalue weighted by atomic mass is 19.1. The Morgan fingerprint density at radius 3 is 2.94 bits per heavy atom. The Morgan fingerprint density at radius 1 is 1.29 bits per heavy atom. The number of anilines is 2. The molecule has 31 heavy (non-hydrogen) atoms. The van der Waals surface area contributed by atoms with Crippen LogP contribution in [0.1, 0.15) is 6.42 Å². The van der Waals surface area contributed by atoms with Crippen LogP contribution < -0.4 is 20.7 Å². The number of H-pyrrole nitrogens is 1. The van der Waals surface area contributed by atoms with Crippen LogP contribution in [0.25, 0.3) is 21.9 Å². The van der Waals surface area contributed by atoms with Gasteiger partial charge in [-0.2, -0.15) is 9.97 Å². The molecular weight excluding hydrogens is 397 g/mol. The van der Waals surface area contributed by atoms with Gasteiger partial charge in [-0.3, -0.25) is 4.98 Å². The maximum atomic E-state index is 14.4. The monoisotopic (exact) mass is 419 g/mol. The Labute approximate surface area is 177 Å². The second-order valence-electron chi connectivity index (χ2n) is 8.32. The standard InChI is InChI=1S/C22H22FN7O/c1-25-17-7-12(23)6-14-18-20(27-19(14)17)28-22(31-13-3-2-4-26-8-13)29-21(18)30-9-11-5-16(24)15(11)10-30/h2-4,6-8,11,15-16,25H,5,9-10,24H2,1H3,(H,27,28,29)/t11?,15?,16-/m1/s1. The molecule has 158 valence electrons. The number of ether oxygens (including phenoxy) is 1. The quantitative estimate of drug-likeness (QED) is 0.466. The molecule has 9 heteroatoms. The van der Waals surface area contributed by atoms with Crippen LogP contribution in [0, 0.1) is 17.7 Å². The summed E-state index contributed by atoms with van der Waals surface area (Å²) < 4.78 is 20.3. The van der Waals surface area contributed by atoms with E-state index >= 15 is 0 Å². The fourth-order valence-corrected chi connectivity index (χ4v) is 4.94.